The van der Waals surface area contributed by atoms with Crippen LogP contribution in [0.1, 0.15) is 65.2 Å². The van der Waals surface area contributed by atoms with Crippen molar-refractivity contribution >= 4 is 22.6 Å². The van der Waals surface area contributed by atoms with Crippen molar-refractivity contribution in [3.05, 3.63) is 0 Å². The highest BCUT2D eigenvalue weighted by molar-refractivity contribution is 14.1. The van der Waals surface area contributed by atoms with E-state index in [0.29, 0.717) is 6.61 Å². The lowest BCUT2D eigenvalue weighted by molar-refractivity contribution is -0.184. The van der Waals surface area contributed by atoms with Crippen molar-refractivity contribution in [3.8, 4) is 11.8 Å². The number of hydrogen-bond acceptors (Lipinski definition) is 2. The van der Waals surface area contributed by atoms with Crippen LogP contribution < -0.4 is 0 Å². The number of unbranched alkanes of at least 4 members (excludes halogenated alkanes) is 2. The van der Waals surface area contributed by atoms with Gasteiger partial charge in [0.15, 0.2) is 6.29 Å². The Labute approximate surface area is 132 Å². The average molecular weight is 378 g/mol. The lowest BCUT2D eigenvalue weighted by Gasteiger charge is -2.35. The minimum absolute atomic E-state index is 0.107. The highest BCUT2D eigenvalue weighted by Gasteiger charge is 2.33. The molecule has 0 amide bonds. The molecule has 1 saturated carbocycles. The van der Waals surface area contributed by atoms with Crippen LogP contribution in [0.3, 0.4) is 0 Å². The second-order valence-corrected chi connectivity index (χ2v) is 6.00. The second-order valence-electron chi connectivity index (χ2n) is 5.12. The van der Waals surface area contributed by atoms with Crippen LogP contribution >= 0.6 is 22.6 Å². The molecule has 0 radical (unpaired) electrons. The fourth-order valence-electron chi connectivity index (χ4n) is 2.43. The first-order chi connectivity index (χ1) is 9.26. The molecule has 0 aromatic heterocycles. The fraction of sp³-hybridized carbons (Fsp3) is 0.875. The summed E-state index contributed by atoms with van der Waals surface area (Å²) in [5, 5.41) is 0. The molecule has 0 spiro atoms. The Balaban J connectivity index is 2.64. The van der Waals surface area contributed by atoms with Crippen molar-refractivity contribution in [2.24, 2.45) is 0 Å². The van der Waals surface area contributed by atoms with E-state index in [4.69, 9.17) is 9.47 Å². The van der Waals surface area contributed by atoms with Gasteiger partial charge in [-0.2, -0.15) is 0 Å². The molecule has 2 nitrogen and oxygen atoms in total. The van der Waals surface area contributed by atoms with E-state index in [-0.39, 0.29) is 11.9 Å². The summed E-state index contributed by atoms with van der Waals surface area (Å²) in [6, 6.07) is 0. The van der Waals surface area contributed by atoms with Gasteiger partial charge in [-0.25, -0.2) is 0 Å². The molecule has 1 rings (SSSR count). The third-order valence-electron chi connectivity index (χ3n) is 3.47. The molecule has 110 valence electrons. The Morgan fingerprint density at radius 3 is 2.53 bits per heavy atom. The zero-order chi connectivity index (χ0) is 14.0. The summed E-state index contributed by atoms with van der Waals surface area (Å²) in [6.45, 7) is 4.92. The quantitative estimate of drug-likeness (QED) is 0.210. The van der Waals surface area contributed by atoms with E-state index >= 15 is 0 Å². The maximum atomic E-state index is 6.25. The first-order valence-corrected chi connectivity index (χ1v) is 9.14. The monoisotopic (exact) mass is 378 g/mol. The van der Waals surface area contributed by atoms with Gasteiger partial charge in [0.2, 0.25) is 0 Å². The van der Waals surface area contributed by atoms with Crippen molar-refractivity contribution in [2.75, 3.05) is 11.0 Å². The predicted octanol–water partition coefficient (Wildman–Crippen LogP) is 4.70. The highest BCUT2D eigenvalue weighted by atomic mass is 127. The van der Waals surface area contributed by atoms with Gasteiger partial charge in [-0.3, -0.25) is 0 Å². The molecule has 0 aromatic carbocycles. The summed E-state index contributed by atoms with van der Waals surface area (Å²) in [6.07, 6.45) is 9.16. The Kier molecular flexibility index (Phi) is 9.10. The van der Waals surface area contributed by atoms with Crippen molar-refractivity contribution in [2.45, 2.75) is 77.1 Å². The standard InChI is InChI=1S/C16H27IO2/c1-3-5-6-8-11-16(12-9-7-10-13-16)19-15(14-17)18-4-2/h15H,3-7,9-10,12-14H2,1-2H3. The molecule has 1 atom stereocenters. The minimum Gasteiger partial charge on any atom is -0.352 e. The lowest BCUT2D eigenvalue weighted by atomic mass is 9.85. The van der Waals surface area contributed by atoms with Gasteiger partial charge < -0.3 is 9.47 Å². The van der Waals surface area contributed by atoms with Crippen LogP contribution in [-0.4, -0.2) is 22.9 Å². The van der Waals surface area contributed by atoms with Gasteiger partial charge in [0.1, 0.15) is 5.60 Å². The summed E-state index contributed by atoms with van der Waals surface area (Å²) in [5.74, 6) is 6.77. The topological polar surface area (TPSA) is 18.5 Å². The van der Waals surface area contributed by atoms with E-state index in [0.717, 1.165) is 23.7 Å². The summed E-state index contributed by atoms with van der Waals surface area (Å²) in [4.78, 5) is 0. The molecule has 1 aliphatic carbocycles. The van der Waals surface area contributed by atoms with Crippen LogP contribution in [-0.2, 0) is 9.47 Å². The van der Waals surface area contributed by atoms with E-state index in [9.17, 15) is 0 Å². The Bertz CT molecular complexity index is 287. The minimum atomic E-state index is -0.239. The van der Waals surface area contributed by atoms with Gasteiger partial charge in [-0.15, -0.1) is 5.92 Å². The molecule has 0 aromatic rings. The molecular formula is C16H27IO2. The lowest BCUT2D eigenvalue weighted by Crippen LogP contribution is -2.39. The van der Waals surface area contributed by atoms with Crippen LogP contribution in [0, 0.1) is 11.8 Å². The Morgan fingerprint density at radius 1 is 1.21 bits per heavy atom. The largest absolute Gasteiger partial charge is 0.352 e. The third-order valence-corrected chi connectivity index (χ3v) is 4.19. The van der Waals surface area contributed by atoms with Crippen LogP contribution in [0.5, 0.6) is 0 Å². The molecule has 0 saturated heterocycles. The van der Waals surface area contributed by atoms with E-state index in [1.54, 1.807) is 0 Å². The summed E-state index contributed by atoms with van der Waals surface area (Å²) >= 11 is 2.33. The second kappa shape index (κ2) is 10.0. The van der Waals surface area contributed by atoms with Crippen molar-refractivity contribution in [3.63, 3.8) is 0 Å². The maximum Gasteiger partial charge on any atom is 0.168 e. The molecule has 19 heavy (non-hydrogen) atoms. The molecule has 1 aliphatic rings. The van der Waals surface area contributed by atoms with Gasteiger partial charge in [0, 0.05) is 13.0 Å². The third kappa shape index (κ3) is 6.46. The number of ether oxygens (including phenoxy) is 2. The van der Waals surface area contributed by atoms with Gasteiger partial charge >= 0.3 is 0 Å². The molecule has 1 fully saturated rings. The molecule has 1 unspecified atom stereocenters. The maximum absolute atomic E-state index is 6.25. The first kappa shape index (κ1) is 17.3. The average Bonchev–Trinajstić information content (AvgIpc) is 2.44. The number of rotatable bonds is 7. The van der Waals surface area contributed by atoms with Gasteiger partial charge in [-0.1, -0.05) is 48.3 Å². The number of hydrogen-bond donors (Lipinski definition) is 0. The first-order valence-electron chi connectivity index (χ1n) is 7.61. The molecule has 0 bridgehead atoms. The van der Waals surface area contributed by atoms with Gasteiger partial charge in [0.25, 0.3) is 0 Å². The normalized spacial score (nSPS) is 19.5. The van der Waals surface area contributed by atoms with Crippen molar-refractivity contribution in [1.82, 2.24) is 0 Å². The SMILES string of the molecule is CCCCC#CC1(OC(CI)OCC)CCCCC1. The Morgan fingerprint density at radius 2 is 1.95 bits per heavy atom. The zero-order valence-electron chi connectivity index (χ0n) is 12.3. The molecule has 0 N–H and O–H groups in total. The van der Waals surface area contributed by atoms with Gasteiger partial charge in [-0.05, 0) is 39.0 Å². The Hall–Kier alpha value is 0.210. The molecule has 0 heterocycles. The van der Waals surface area contributed by atoms with Crippen molar-refractivity contribution < 1.29 is 9.47 Å². The summed E-state index contributed by atoms with van der Waals surface area (Å²) in [7, 11) is 0. The highest BCUT2D eigenvalue weighted by Crippen LogP contribution is 2.32. The van der Waals surface area contributed by atoms with Crippen molar-refractivity contribution in [1.29, 1.82) is 0 Å². The number of alkyl halides is 1. The summed E-state index contributed by atoms with van der Waals surface area (Å²) in [5.41, 5.74) is -0.239. The van der Waals surface area contributed by atoms with E-state index < -0.39 is 0 Å². The van der Waals surface area contributed by atoms with Crippen LogP contribution in [0.15, 0.2) is 0 Å². The number of halogens is 1. The molecule has 3 heteroatoms. The smallest absolute Gasteiger partial charge is 0.168 e. The summed E-state index contributed by atoms with van der Waals surface area (Å²) < 4.78 is 12.8. The van der Waals surface area contributed by atoms with Crippen LogP contribution in [0.4, 0.5) is 0 Å². The van der Waals surface area contributed by atoms with E-state index in [2.05, 4.69) is 41.4 Å². The van der Waals surface area contributed by atoms with Crippen LogP contribution in [0.2, 0.25) is 0 Å². The van der Waals surface area contributed by atoms with E-state index in [1.165, 1.54) is 32.1 Å². The molecular weight excluding hydrogens is 351 g/mol. The predicted molar refractivity (Wildman–Crippen MR) is 88.5 cm³/mol. The fourth-order valence-corrected chi connectivity index (χ4v) is 2.87. The zero-order valence-corrected chi connectivity index (χ0v) is 14.5. The van der Waals surface area contributed by atoms with Gasteiger partial charge in [0.05, 0.1) is 4.43 Å². The van der Waals surface area contributed by atoms with E-state index in [1.807, 2.05) is 6.92 Å². The molecule has 0 aliphatic heterocycles. The van der Waals surface area contributed by atoms with Crippen LogP contribution in [0.25, 0.3) is 0 Å².